The highest BCUT2D eigenvalue weighted by Crippen LogP contribution is 2.30. The van der Waals surface area contributed by atoms with Crippen LogP contribution in [-0.4, -0.2) is 29.4 Å². The van der Waals surface area contributed by atoms with Gasteiger partial charge >= 0.3 is 0 Å². The summed E-state index contributed by atoms with van der Waals surface area (Å²) in [6.45, 7) is 1.36. The smallest absolute Gasteiger partial charge is 0.263 e. The first kappa shape index (κ1) is 21.1. The zero-order valence-electron chi connectivity index (χ0n) is 16.9. The average molecular weight is 449 g/mol. The van der Waals surface area contributed by atoms with Crippen LogP contribution in [0, 0.1) is 0 Å². The first-order chi connectivity index (χ1) is 15.3. The summed E-state index contributed by atoms with van der Waals surface area (Å²) in [6.07, 6.45) is 0. The van der Waals surface area contributed by atoms with Crippen LogP contribution < -0.4 is 15.4 Å². The van der Waals surface area contributed by atoms with Crippen molar-refractivity contribution >= 4 is 50.0 Å². The number of hydrogen-bond acceptors (Lipinski definition) is 7. The fourth-order valence-corrected chi connectivity index (χ4v) is 3.98. The van der Waals surface area contributed by atoms with Crippen LogP contribution in [0.25, 0.3) is 11.0 Å². The first-order valence-electron chi connectivity index (χ1n) is 9.54. The molecule has 1 amide bonds. The van der Waals surface area contributed by atoms with Gasteiger partial charge in [0, 0.05) is 12.6 Å². The quantitative estimate of drug-likeness (QED) is 0.329. The molecule has 0 aliphatic rings. The normalized spacial score (nSPS) is 11.2. The van der Waals surface area contributed by atoms with Crippen LogP contribution in [0.3, 0.4) is 0 Å². The third-order valence-corrected chi connectivity index (χ3v) is 5.80. The molecule has 4 aromatic rings. The van der Waals surface area contributed by atoms with E-state index >= 15 is 0 Å². The van der Waals surface area contributed by atoms with Crippen LogP contribution >= 0.6 is 0 Å². The average Bonchev–Trinajstić information content (AvgIpc) is 2.75. The Morgan fingerprint density at radius 2 is 1.44 bits per heavy atom. The van der Waals surface area contributed by atoms with Gasteiger partial charge in [0.2, 0.25) is 5.91 Å². The number of aromatic nitrogens is 2. The van der Waals surface area contributed by atoms with E-state index in [0.29, 0.717) is 22.4 Å². The molecule has 3 aromatic carbocycles. The molecule has 0 bridgehead atoms. The van der Waals surface area contributed by atoms with E-state index in [1.54, 1.807) is 42.5 Å². The molecule has 0 radical (unpaired) electrons. The van der Waals surface area contributed by atoms with Gasteiger partial charge in [0.1, 0.15) is 5.75 Å². The largest absolute Gasteiger partial charge is 0.506 e. The first-order valence-corrected chi connectivity index (χ1v) is 11.0. The number of hydrogen-bond donors (Lipinski definition) is 4. The number of aromatic hydroxyl groups is 1. The highest BCUT2D eigenvalue weighted by atomic mass is 32.2. The van der Waals surface area contributed by atoms with Gasteiger partial charge in [-0.3, -0.25) is 9.52 Å². The Morgan fingerprint density at radius 1 is 0.844 bits per heavy atom. The number of sulfonamides is 1. The molecular formula is C22H19N5O4S. The van der Waals surface area contributed by atoms with E-state index < -0.39 is 10.0 Å². The van der Waals surface area contributed by atoms with Crippen molar-refractivity contribution < 1.29 is 18.3 Å². The van der Waals surface area contributed by atoms with Crippen molar-refractivity contribution in [3.8, 4) is 5.75 Å². The molecule has 0 unspecified atom stereocenters. The van der Waals surface area contributed by atoms with Crippen LogP contribution in [0.5, 0.6) is 5.75 Å². The number of carbonyl (C=O) groups excluding carboxylic acids is 1. The van der Waals surface area contributed by atoms with Crippen LogP contribution in [-0.2, 0) is 14.8 Å². The number of benzene rings is 3. The Kier molecular flexibility index (Phi) is 5.61. The molecule has 1 aromatic heterocycles. The Bertz CT molecular complexity index is 1410. The van der Waals surface area contributed by atoms with E-state index in [1.165, 1.54) is 37.3 Å². The monoisotopic (exact) mass is 449 g/mol. The summed E-state index contributed by atoms with van der Waals surface area (Å²) in [5.41, 5.74) is 1.86. The number of amides is 1. The fraction of sp³-hybridized carbons (Fsp3) is 0.0455. The third kappa shape index (κ3) is 4.60. The maximum absolute atomic E-state index is 13.0. The Labute approximate surface area is 184 Å². The minimum atomic E-state index is -4.02. The standard InChI is InChI=1S/C22H19N5O4S/c1-14(28)23-15-10-12-16(13-11-15)32(30,31)27-22-21(26-19-8-4-5-9-20(19)29)24-17-6-2-3-7-18(17)25-22/h2-13,29H,1H3,(H,23,28)(H,24,26)(H,25,27). The molecule has 4 rings (SSSR count). The molecule has 0 aliphatic carbocycles. The number of phenols is 1. The van der Waals surface area contributed by atoms with Crippen LogP contribution in [0.15, 0.2) is 77.7 Å². The summed E-state index contributed by atoms with van der Waals surface area (Å²) in [7, 11) is -4.02. The van der Waals surface area contributed by atoms with Gasteiger partial charge < -0.3 is 15.7 Å². The maximum Gasteiger partial charge on any atom is 0.263 e. The van der Waals surface area contributed by atoms with E-state index in [-0.39, 0.29) is 28.2 Å². The molecule has 0 atom stereocenters. The summed E-state index contributed by atoms with van der Waals surface area (Å²) in [5, 5.41) is 15.6. The molecule has 10 heteroatoms. The van der Waals surface area contributed by atoms with Gasteiger partial charge in [0.15, 0.2) is 11.6 Å². The van der Waals surface area contributed by atoms with Gasteiger partial charge in [-0.15, -0.1) is 0 Å². The van der Waals surface area contributed by atoms with Crippen LogP contribution in [0.4, 0.5) is 23.0 Å². The zero-order valence-corrected chi connectivity index (χ0v) is 17.7. The molecule has 9 nitrogen and oxygen atoms in total. The molecule has 162 valence electrons. The highest BCUT2D eigenvalue weighted by Gasteiger charge is 2.19. The van der Waals surface area contributed by atoms with E-state index in [9.17, 15) is 18.3 Å². The van der Waals surface area contributed by atoms with Gasteiger partial charge in [-0.2, -0.15) is 0 Å². The van der Waals surface area contributed by atoms with E-state index in [2.05, 4.69) is 25.3 Å². The fourth-order valence-electron chi connectivity index (χ4n) is 2.97. The molecule has 1 heterocycles. The molecule has 0 saturated heterocycles. The van der Waals surface area contributed by atoms with Gasteiger partial charge in [0.25, 0.3) is 10.0 Å². The summed E-state index contributed by atoms with van der Waals surface area (Å²) in [4.78, 5) is 20.0. The molecule has 4 N–H and O–H groups in total. The van der Waals surface area contributed by atoms with Crippen molar-refractivity contribution in [2.45, 2.75) is 11.8 Å². The van der Waals surface area contributed by atoms with Gasteiger partial charge in [-0.1, -0.05) is 24.3 Å². The molecule has 0 aliphatic heterocycles. The van der Waals surface area contributed by atoms with E-state index in [0.717, 1.165) is 0 Å². The second-order valence-electron chi connectivity index (χ2n) is 6.86. The number of fused-ring (bicyclic) bond motifs is 1. The van der Waals surface area contributed by atoms with Crippen molar-refractivity contribution in [1.29, 1.82) is 0 Å². The number of carbonyl (C=O) groups is 1. The van der Waals surface area contributed by atoms with Crippen LogP contribution in [0.2, 0.25) is 0 Å². The van der Waals surface area contributed by atoms with Crippen molar-refractivity contribution in [3.63, 3.8) is 0 Å². The van der Waals surface area contributed by atoms with E-state index in [4.69, 9.17) is 0 Å². The summed E-state index contributed by atoms with van der Waals surface area (Å²) >= 11 is 0. The maximum atomic E-state index is 13.0. The second-order valence-corrected chi connectivity index (χ2v) is 8.55. The molecule has 0 saturated carbocycles. The molecule has 32 heavy (non-hydrogen) atoms. The predicted molar refractivity (Wildman–Crippen MR) is 122 cm³/mol. The lowest BCUT2D eigenvalue weighted by Gasteiger charge is -2.14. The number of rotatable bonds is 6. The second kappa shape index (κ2) is 8.52. The highest BCUT2D eigenvalue weighted by molar-refractivity contribution is 7.92. The van der Waals surface area contributed by atoms with Gasteiger partial charge in [0.05, 0.1) is 21.6 Å². The zero-order chi connectivity index (χ0) is 22.7. The molecule has 0 spiro atoms. The van der Waals surface area contributed by atoms with Crippen molar-refractivity contribution in [3.05, 3.63) is 72.8 Å². The number of para-hydroxylation sites is 4. The Balaban J connectivity index is 1.72. The van der Waals surface area contributed by atoms with Crippen molar-refractivity contribution in [1.82, 2.24) is 9.97 Å². The van der Waals surface area contributed by atoms with Crippen LogP contribution in [0.1, 0.15) is 6.92 Å². The number of anilines is 4. The SMILES string of the molecule is CC(=O)Nc1ccc(S(=O)(=O)Nc2nc3ccccc3nc2Nc2ccccc2O)cc1. The lowest BCUT2D eigenvalue weighted by Crippen LogP contribution is -2.16. The number of phenolic OH excluding ortho intramolecular Hbond substituents is 1. The summed E-state index contributed by atoms with van der Waals surface area (Å²) < 4.78 is 28.5. The Hall–Kier alpha value is -4.18. The minimum Gasteiger partial charge on any atom is -0.506 e. The third-order valence-electron chi connectivity index (χ3n) is 4.44. The minimum absolute atomic E-state index is 0.0185. The van der Waals surface area contributed by atoms with Crippen molar-refractivity contribution in [2.24, 2.45) is 0 Å². The van der Waals surface area contributed by atoms with Gasteiger partial charge in [-0.05, 0) is 48.5 Å². The lowest BCUT2D eigenvalue weighted by atomic mass is 10.3. The van der Waals surface area contributed by atoms with E-state index in [1.807, 2.05) is 0 Å². The Morgan fingerprint density at radius 3 is 2.06 bits per heavy atom. The summed E-state index contributed by atoms with van der Waals surface area (Å²) in [6, 6.07) is 19.3. The molecular weight excluding hydrogens is 430 g/mol. The summed E-state index contributed by atoms with van der Waals surface area (Å²) in [5.74, 6) is -0.184. The van der Waals surface area contributed by atoms with Gasteiger partial charge in [-0.25, -0.2) is 18.4 Å². The van der Waals surface area contributed by atoms with Crippen molar-refractivity contribution in [2.75, 3.05) is 15.4 Å². The number of nitrogens with one attached hydrogen (secondary N) is 3. The molecule has 0 fully saturated rings. The topological polar surface area (TPSA) is 133 Å². The number of nitrogens with zero attached hydrogens (tertiary/aromatic N) is 2. The predicted octanol–water partition coefficient (Wildman–Crippen LogP) is 3.84. The lowest BCUT2D eigenvalue weighted by molar-refractivity contribution is -0.114.